The number of hydrogen-bond donors (Lipinski definition) is 6. The molecule has 4 atom stereocenters. The van der Waals surface area contributed by atoms with Gasteiger partial charge in [0.1, 0.15) is 0 Å². The molecule has 0 aliphatic carbocycles. The van der Waals surface area contributed by atoms with Gasteiger partial charge in [0, 0.05) is 43.4 Å². The molecule has 1 heterocycles. The van der Waals surface area contributed by atoms with Crippen LogP contribution in [0.5, 0.6) is 0 Å². The lowest BCUT2D eigenvalue weighted by atomic mass is 10.00. The summed E-state index contributed by atoms with van der Waals surface area (Å²) in [7, 11) is 1.93. The van der Waals surface area contributed by atoms with Crippen LogP contribution in [-0.2, 0) is 14.4 Å². The standard InChI is InChI=1S/C29H58N6O3/c1-4-6-13-23(5-2)32-19-12-9-16-26-22-28(37)33-24(14-7-10-17-30)20-27(36)34-25(21-29(38)35-26)15-8-11-18-31-3/h23-26,31-32H,4-22,30H2,1-3H3,(H,33,37)(H,34,36)(H,35,38). The Bertz CT molecular complexity index is 648. The van der Waals surface area contributed by atoms with Crippen LogP contribution in [-0.4, -0.2) is 68.6 Å². The van der Waals surface area contributed by atoms with Crippen LogP contribution < -0.4 is 32.3 Å². The van der Waals surface area contributed by atoms with E-state index in [1.807, 2.05) is 7.05 Å². The Morgan fingerprint density at radius 3 is 1.63 bits per heavy atom. The van der Waals surface area contributed by atoms with Crippen molar-refractivity contribution in [1.29, 1.82) is 0 Å². The minimum atomic E-state index is -0.215. The number of carbonyl (C=O) groups is 3. The van der Waals surface area contributed by atoms with Gasteiger partial charge in [-0.3, -0.25) is 14.4 Å². The lowest BCUT2D eigenvalue weighted by molar-refractivity contribution is -0.126. The summed E-state index contributed by atoms with van der Waals surface area (Å²) in [5.41, 5.74) is 5.65. The zero-order valence-corrected chi connectivity index (χ0v) is 24.5. The van der Waals surface area contributed by atoms with Gasteiger partial charge in [-0.1, -0.05) is 46.0 Å². The van der Waals surface area contributed by atoms with E-state index in [0.29, 0.717) is 12.6 Å². The molecule has 9 nitrogen and oxygen atoms in total. The first kappa shape index (κ1) is 34.3. The average molecular weight is 539 g/mol. The van der Waals surface area contributed by atoms with Crippen molar-refractivity contribution < 1.29 is 14.4 Å². The van der Waals surface area contributed by atoms with Crippen molar-refractivity contribution in [3.63, 3.8) is 0 Å². The number of rotatable bonds is 19. The van der Waals surface area contributed by atoms with Gasteiger partial charge in [0.15, 0.2) is 0 Å². The Balaban J connectivity index is 2.76. The van der Waals surface area contributed by atoms with Gasteiger partial charge in [0.2, 0.25) is 17.7 Å². The van der Waals surface area contributed by atoms with E-state index in [0.717, 1.165) is 77.3 Å². The summed E-state index contributed by atoms with van der Waals surface area (Å²) in [6.45, 7) is 6.92. The Kier molecular flexibility index (Phi) is 20.0. The summed E-state index contributed by atoms with van der Waals surface area (Å²) >= 11 is 0. The van der Waals surface area contributed by atoms with Gasteiger partial charge in [0.05, 0.1) is 0 Å². The first-order valence-corrected chi connectivity index (χ1v) is 15.4. The lowest BCUT2D eigenvalue weighted by Crippen LogP contribution is -2.48. The molecule has 4 unspecified atom stereocenters. The zero-order chi connectivity index (χ0) is 28.0. The van der Waals surface area contributed by atoms with Crippen molar-refractivity contribution in [2.24, 2.45) is 5.73 Å². The molecule has 1 fully saturated rings. The Morgan fingerprint density at radius 2 is 1.21 bits per heavy atom. The molecule has 222 valence electrons. The molecule has 0 radical (unpaired) electrons. The van der Waals surface area contributed by atoms with Gasteiger partial charge < -0.3 is 32.3 Å². The molecule has 0 bridgehead atoms. The van der Waals surface area contributed by atoms with Crippen molar-refractivity contribution in [2.75, 3.05) is 26.7 Å². The van der Waals surface area contributed by atoms with E-state index in [-0.39, 0.29) is 55.1 Å². The van der Waals surface area contributed by atoms with E-state index in [2.05, 4.69) is 40.4 Å². The first-order chi connectivity index (χ1) is 18.4. The highest BCUT2D eigenvalue weighted by Gasteiger charge is 2.25. The third-order valence-corrected chi connectivity index (χ3v) is 7.44. The fourth-order valence-electron chi connectivity index (χ4n) is 5.16. The minimum Gasteiger partial charge on any atom is -0.353 e. The molecule has 3 amide bonds. The van der Waals surface area contributed by atoms with Crippen LogP contribution in [0.25, 0.3) is 0 Å². The first-order valence-electron chi connectivity index (χ1n) is 15.4. The van der Waals surface area contributed by atoms with Crippen LogP contribution in [0.3, 0.4) is 0 Å². The molecule has 0 aromatic heterocycles. The largest absolute Gasteiger partial charge is 0.353 e. The van der Waals surface area contributed by atoms with E-state index in [1.54, 1.807) is 0 Å². The van der Waals surface area contributed by atoms with Crippen LogP contribution in [0, 0.1) is 0 Å². The Morgan fingerprint density at radius 1 is 0.737 bits per heavy atom. The molecule has 0 aromatic rings. The predicted molar refractivity (Wildman–Crippen MR) is 156 cm³/mol. The Labute approximate surface area is 232 Å². The molecule has 0 saturated carbocycles. The van der Waals surface area contributed by atoms with Crippen molar-refractivity contribution in [3.05, 3.63) is 0 Å². The van der Waals surface area contributed by atoms with Crippen LogP contribution in [0.15, 0.2) is 0 Å². The molecule has 9 heteroatoms. The summed E-state index contributed by atoms with van der Waals surface area (Å²) < 4.78 is 0. The van der Waals surface area contributed by atoms with Gasteiger partial charge in [-0.2, -0.15) is 0 Å². The molecule has 1 saturated heterocycles. The second kappa shape index (κ2) is 22.1. The summed E-state index contributed by atoms with van der Waals surface area (Å²) in [4.78, 5) is 38.7. The molecule has 38 heavy (non-hydrogen) atoms. The van der Waals surface area contributed by atoms with Crippen molar-refractivity contribution in [1.82, 2.24) is 26.6 Å². The minimum absolute atomic E-state index is 0.0921. The average Bonchev–Trinajstić information content (AvgIpc) is 2.87. The van der Waals surface area contributed by atoms with Crippen LogP contribution in [0.2, 0.25) is 0 Å². The fraction of sp³-hybridized carbons (Fsp3) is 0.897. The van der Waals surface area contributed by atoms with Gasteiger partial charge in [-0.25, -0.2) is 0 Å². The van der Waals surface area contributed by atoms with Crippen LogP contribution in [0.1, 0.15) is 117 Å². The van der Waals surface area contributed by atoms with Gasteiger partial charge in [-0.05, 0) is 78.0 Å². The van der Waals surface area contributed by atoms with Crippen molar-refractivity contribution in [2.45, 2.75) is 141 Å². The Hall–Kier alpha value is -1.71. The van der Waals surface area contributed by atoms with E-state index in [4.69, 9.17) is 5.73 Å². The van der Waals surface area contributed by atoms with E-state index in [1.165, 1.54) is 19.3 Å². The summed E-state index contributed by atoms with van der Waals surface area (Å²) in [5, 5.41) is 16.1. The predicted octanol–water partition coefficient (Wildman–Crippen LogP) is 2.87. The number of nitrogens with two attached hydrogens (primary N) is 1. The third kappa shape index (κ3) is 17.0. The molecule has 0 spiro atoms. The highest BCUT2D eigenvalue weighted by molar-refractivity contribution is 5.83. The van der Waals surface area contributed by atoms with E-state index in [9.17, 15) is 14.4 Å². The van der Waals surface area contributed by atoms with Gasteiger partial charge >= 0.3 is 0 Å². The molecule has 1 aliphatic rings. The number of amides is 3. The second-order valence-electron chi connectivity index (χ2n) is 11.0. The van der Waals surface area contributed by atoms with Crippen molar-refractivity contribution >= 4 is 17.7 Å². The molecule has 1 rings (SSSR count). The maximum atomic E-state index is 12.9. The van der Waals surface area contributed by atoms with E-state index < -0.39 is 0 Å². The molecular formula is C29H58N6O3. The molecule has 0 aromatic carbocycles. The third-order valence-electron chi connectivity index (χ3n) is 7.44. The van der Waals surface area contributed by atoms with Crippen LogP contribution in [0.4, 0.5) is 0 Å². The second-order valence-corrected chi connectivity index (χ2v) is 11.0. The number of unbranched alkanes of at least 4 members (excludes halogenated alkanes) is 4. The molecule has 7 N–H and O–H groups in total. The van der Waals surface area contributed by atoms with Crippen LogP contribution >= 0.6 is 0 Å². The lowest BCUT2D eigenvalue weighted by Gasteiger charge is -2.26. The summed E-state index contributed by atoms with van der Waals surface area (Å²) in [5.74, 6) is -0.303. The normalized spacial score (nSPS) is 22.1. The summed E-state index contributed by atoms with van der Waals surface area (Å²) in [6, 6.07) is -0.0428. The fourth-order valence-corrected chi connectivity index (χ4v) is 5.16. The zero-order valence-electron chi connectivity index (χ0n) is 24.5. The highest BCUT2D eigenvalue weighted by Crippen LogP contribution is 2.13. The molecular weight excluding hydrogens is 480 g/mol. The molecule has 1 aliphatic heterocycles. The maximum Gasteiger partial charge on any atom is 0.222 e. The number of carbonyl (C=O) groups excluding carboxylic acids is 3. The van der Waals surface area contributed by atoms with Gasteiger partial charge in [0.25, 0.3) is 0 Å². The quantitative estimate of drug-likeness (QED) is 0.140. The van der Waals surface area contributed by atoms with Crippen molar-refractivity contribution in [3.8, 4) is 0 Å². The smallest absolute Gasteiger partial charge is 0.222 e. The number of nitrogens with one attached hydrogen (secondary N) is 5. The van der Waals surface area contributed by atoms with Gasteiger partial charge in [-0.15, -0.1) is 0 Å². The SMILES string of the molecule is CCCCC(CC)NCCCCC1CC(=O)NC(CCCCN)CC(=O)NC(CCCCNC)CC(=O)N1. The number of hydrogen-bond acceptors (Lipinski definition) is 6. The van der Waals surface area contributed by atoms with E-state index >= 15 is 0 Å². The summed E-state index contributed by atoms with van der Waals surface area (Å²) in [6.07, 6.45) is 13.4. The highest BCUT2D eigenvalue weighted by atomic mass is 16.2. The topological polar surface area (TPSA) is 137 Å². The monoisotopic (exact) mass is 538 g/mol. The maximum absolute atomic E-state index is 12.9.